The van der Waals surface area contributed by atoms with Crippen molar-refractivity contribution in [1.82, 2.24) is 15.6 Å². The molecule has 0 spiro atoms. The van der Waals surface area contributed by atoms with Crippen LogP contribution in [0.1, 0.15) is 36.9 Å². The lowest BCUT2D eigenvalue weighted by atomic mass is 10.0. The van der Waals surface area contributed by atoms with Gasteiger partial charge >= 0.3 is 0 Å². The van der Waals surface area contributed by atoms with Crippen LogP contribution < -0.4 is 10.6 Å². The first kappa shape index (κ1) is 21.8. The van der Waals surface area contributed by atoms with Crippen molar-refractivity contribution in [3.8, 4) is 10.4 Å². The molecule has 4 aromatic rings. The Bertz CT molecular complexity index is 1300. The van der Waals surface area contributed by atoms with Crippen molar-refractivity contribution in [1.29, 1.82) is 0 Å². The summed E-state index contributed by atoms with van der Waals surface area (Å²) >= 11 is 1.40. The number of amides is 2. The highest BCUT2D eigenvalue weighted by Gasteiger charge is 2.15. The Kier molecular flexibility index (Phi) is 6.10. The van der Waals surface area contributed by atoms with E-state index in [1.54, 1.807) is 31.3 Å². The van der Waals surface area contributed by atoms with E-state index >= 15 is 0 Å². The summed E-state index contributed by atoms with van der Waals surface area (Å²) in [6.45, 7) is 4.35. The number of carbonyl (C=O) groups excluding carboxylic acids is 2. The van der Waals surface area contributed by atoms with E-state index in [4.69, 9.17) is 0 Å². The smallest absolute Gasteiger partial charge is 0.261 e. The third-order valence-electron chi connectivity index (χ3n) is 5.58. The number of benzene rings is 2. The third-order valence-corrected chi connectivity index (χ3v) is 6.71. The van der Waals surface area contributed by atoms with Gasteiger partial charge in [0, 0.05) is 35.1 Å². The molecule has 3 N–H and O–H groups in total. The summed E-state index contributed by atoms with van der Waals surface area (Å²) in [5.41, 5.74) is 5.02. The molecule has 4 rings (SSSR count). The van der Waals surface area contributed by atoms with Crippen LogP contribution >= 0.6 is 11.3 Å². The number of thiophene rings is 1. The molecule has 2 aromatic heterocycles. The molecule has 0 aliphatic carbocycles. The molecular weight excluding hydrogens is 425 g/mol. The minimum Gasteiger partial charge on any atom is -0.356 e. The second-order valence-corrected chi connectivity index (χ2v) is 8.75. The molecule has 0 unspecified atom stereocenters. The quantitative estimate of drug-likeness (QED) is 0.388. The zero-order valence-corrected chi connectivity index (χ0v) is 19.0. The number of nitrogens with one attached hydrogen (secondary N) is 3. The molecule has 0 saturated heterocycles. The van der Waals surface area contributed by atoms with Crippen molar-refractivity contribution in [3.63, 3.8) is 0 Å². The van der Waals surface area contributed by atoms with Crippen LogP contribution in [0.15, 0.2) is 48.5 Å². The summed E-state index contributed by atoms with van der Waals surface area (Å²) in [6.07, 6.45) is 0.612. The molecular formula is C25H24FN3O2S. The summed E-state index contributed by atoms with van der Waals surface area (Å²) < 4.78 is 14.1. The average Bonchev–Trinajstić information content (AvgIpc) is 3.42. The molecule has 32 heavy (non-hydrogen) atoms. The standard InChI is InChI=1S/C25H24FN3O2S/c1-14-4-9-19(26)23-22(14)18(15(2)29-23)12-13-28-25(31)21-11-10-20(32-21)16-5-7-17(8-6-16)24(30)27-3/h4-11,29H,12-13H2,1-3H3,(H,27,30)(H,28,31). The fraction of sp³-hybridized carbons (Fsp3) is 0.200. The van der Waals surface area contributed by atoms with Crippen molar-refractivity contribution < 1.29 is 14.0 Å². The van der Waals surface area contributed by atoms with Crippen LogP contribution in [0.5, 0.6) is 0 Å². The van der Waals surface area contributed by atoms with E-state index in [0.29, 0.717) is 28.9 Å². The number of halogens is 1. The van der Waals surface area contributed by atoms with Crippen LogP contribution in [0.4, 0.5) is 4.39 Å². The predicted molar refractivity (Wildman–Crippen MR) is 127 cm³/mol. The molecule has 0 aliphatic heterocycles. The fourth-order valence-corrected chi connectivity index (χ4v) is 4.82. The van der Waals surface area contributed by atoms with Crippen LogP contribution in [0.25, 0.3) is 21.3 Å². The van der Waals surface area contributed by atoms with Gasteiger partial charge in [0.15, 0.2) is 0 Å². The van der Waals surface area contributed by atoms with Crippen LogP contribution in [0, 0.1) is 19.7 Å². The van der Waals surface area contributed by atoms with Crippen molar-refractivity contribution in [2.75, 3.05) is 13.6 Å². The van der Waals surface area contributed by atoms with Gasteiger partial charge in [-0.1, -0.05) is 18.2 Å². The zero-order valence-electron chi connectivity index (χ0n) is 18.1. The van der Waals surface area contributed by atoms with Crippen molar-refractivity contribution in [3.05, 3.63) is 81.6 Å². The number of aryl methyl sites for hydroxylation is 2. The number of hydrogen-bond donors (Lipinski definition) is 3. The minimum atomic E-state index is -0.265. The zero-order chi connectivity index (χ0) is 22.8. The van der Waals surface area contributed by atoms with Crippen molar-refractivity contribution in [2.24, 2.45) is 0 Å². The van der Waals surface area contributed by atoms with E-state index in [1.807, 2.05) is 32.0 Å². The topological polar surface area (TPSA) is 74.0 Å². The van der Waals surface area contributed by atoms with E-state index in [1.165, 1.54) is 17.4 Å². The van der Waals surface area contributed by atoms with Gasteiger partial charge in [0.1, 0.15) is 5.82 Å². The second kappa shape index (κ2) is 8.96. The molecule has 0 aliphatic rings. The lowest BCUT2D eigenvalue weighted by Crippen LogP contribution is -2.25. The van der Waals surface area contributed by atoms with Crippen LogP contribution in [-0.2, 0) is 6.42 Å². The lowest BCUT2D eigenvalue weighted by Gasteiger charge is -2.06. The molecule has 0 atom stereocenters. The molecule has 0 radical (unpaired) electrons. The third kappa shape index (κ3) is 4.16. The largest absolute Gasteiger partial charge is 0.356 e. The van der Waals surface area contributed by atoms with E-state index in [9.17, 15) is 14.0 Å². The Balaban J connectivity index is 1.42. The van der Waals surface area contributed by atoms with Gasteiger partial charge in [-0.25, -0.2) is 4.39 Å². The molecule has 7 heteroatoms. The molecule has 0 bridgehead atoms. The molecule has 2 aromatic carbocycles. The Labute approximate surface area is 189 Å². The van der Waals surface area contributed by atoms with Crippen LogP contribution in [0.3, 0.4) is 0 Å². The Morgan fingerprint density at radius 2 is 1.75 bits per heavy atom. The van der Waals surface area contributed by atoms with E-state index in [0.717, 1.165) is 32.6 Å². The van der Waals surface area contributed by atoms with Gasteiger partial charge in [0.05, 0.1) is 10.4 Å². The molecule has 0 saturated carbocycles. The normalized spacial score (nSPS) is 11.0. The van der Waals surface area contributed by atoms with Gasteiger partial charge in [-0.15, -0.1) is 11.3 Å². The number of fused-ring (bicyclic) bond motifs is 1. The highest BCUT2D eigenvalue weighted by atomic mass is 32.1. The van der Waals surface area contributed by atoms with Gasteiger partial charge in [-0.05, 0) is 67.3 Å². The molecule has 5 nitrogen and oxygen atoms in total. The van der Waals surface area contributed by atoms with Gasteiger partial charge < -0.3 is 15.6 Å². The first-order chi connectivity index (χ1) is 15.4. The maximum atomic E-state index is 14.1. The minimum absolute atomic E-state index is 0.133. The van der Waals surface area contributed by atoms with Gasteiger partial charge in [0.2, 0.25) is 0 Å². The first-order valence-corrected chi connectivity index (χ1v) is 11.2. The highest BCUT2D eigenvalue weighted by Crippen LogP contribution is 2.29. The van der Waals surface area contributed by atoms with E-state index in [2.05, 4.69) is 15.6 Å². The average molecular weight is 450 g/mol. The van der Waals surface area contributed by atoms with E-state index in [-0.39, 0.29) is 17.6 Å². The predicted octanol–water partition coefficient (Wildman–Crippen LogP) is 4.98. The SMILES string of the molecule is CNC(=O)c1ccc(-c2ccc(C(=O)NCCc3c(C)[nH]c4c(F)ccc(C)c34)s2)cc1. The summed E-state index contributed by atoms with van der Waals surface area (Å²) in [5, 5.41) is 6.47. The number of hydrogen-bond acceptors (Lipinski definition) is 3. The maximum Gasteiger partial charge on any atom is 0.261 e. The fourth-order valence-electron chi connectivity index (χ4n) is 3.89. The number of aromatic nitrogens is 1. The molecule has 0 fully saturated rings. The molecule has 164 valence electrons. The Hall–Kier alpha value is -3.45. The van der Waals surface area contributed by atoms with Crippen LogP contribution in [0.2, 0.25) is 0 Å². The second-order valence-electron chi connectivity index (χ2n) is 7.67. The maximum absolute atomic E-state index is 14.1. The number of carbonyl (C=O) groups is 2. The molecule has 2 amide bonds. The molecule has 2 heterocycles. The summed E-state index contributed by atoms with van der Waals surface area (Å²) in [7, 11) is 1.60. The van der Waals surface area contributed by atoms with Gasteiger partial charge in [0.25, 0.3) is 11.8 Å². The lowest BCUT2D eigenvalue weighted by molar-refractivity contribution is 0.0952. The first-order valence-electron chi connectivity index (χ1n) is 10.4. The number of aromatic amines is 1. The van der Waals surface area contributed by atoms with Gasteiger partial charge in [-0.2, -0.15) is 0 Å². The van der Waals surface area contributed by atoms with E-state index < -0.39 is 0 Å². The summed E-state index contributed by atoms with van der Waals surface area (Å²) in [5.74, 6) is -0.534. The summed E-state index contributed by atoms with van der Waals surface area (Å²) in [6, 6.07) is 14.2. The Morgan fingerprint density at radius 1 is 1.00 bits per heavy atom. The summed E-state index contributed by atoms with van der Waals surface area (Å²) in [4.78, 5) is 29.0. The number of H-pyrrole nitrogens is 1. The van der Waals surface area contributed by atoms with Crippen LogP contribution in [-0.4, -0.2) is 30.4 Å². The highest BCUT2D eigenvalue weighted by molar-refractivity contribution is 7.17. The Morgan fingerprint density at radius 3 is 2.47 bits per heavy atom. The number of rotatable bonds is 6. The van der Waals surface area contributed by atoms with Crippen molar-refractivity contribution >= 4 is 34.1 Å². The van der Waals surface area contributed by atoms with Crippen molar-refractivity contribution in [2.45, 2.75) is 20.3 Å². The van der Waals surface area contributed by atoms with Gasteiger partial charge in [-0.3, -0.25) is 9.59 Å². The monoisotopic (exact) mass is 449 g/mol.